The largest absolute Gasteiger partial charge is 0.495 e. The van der Waals surface area contributed by atoms with Gasteiger partial charge in [0.15, 0.2) is 0 Å². The van der Waals surface area contributed by atoms with Gasteiger partial charge in [0.2, 0.25) is 11.8 Å². The summed E-state index contributed by atoms with van der Waals surface area (Å²) >= 11 is 0. The monoisotopic (exact) mass is 425 g/mol. The predicted octanol–water partition coefficient (Wildman–Crippen LogP) is 3.35. The van der Waals surface area contributed by atoms with Crippen LogP contribution in [0.25, 0.3) is 0 Å². The molecular weight excluding hydrogens is 390 g/mol. The van der Waals surface area contributed by atoms with Gasteiger partial charge in [0.1, 0.15) is 5.75 Å². The van der Waals surface area contributed by atoms with Crippen LogP contribution in [-0.4, -0.2) is 68.0 Å². The van der Waals surface area contributed by atoms with E-state index in [1.165, 1.54) is 4.90 Å². The molecule has 2 fully saturated rings. The third-order valence-electron chi connectivity index (χ3n) is 6.81. The molecule has 0 aliphatic carbocycles. The summed E-state index contributed by atoms with van der Waals surface area (Å²) in [5, 5.41) is 0. The Bertz CT molecular complexity index is 804. The number of imide groups is 1. The molecule has 2 aliphatic rings. The van der Waals surface area contributed by atoms with E-state index < -0.39 is 5.41 Å². The van der Waals surface area contributed by atoms with Crippen molar-refractivity contribution < 1.29 is 14.3 Å². The van der Waals surface area contributed by atoms with E-state index in [2.05, 4.69) is 29.0 Å². The first-order chi connectivity index (χ1) is 15.0. The number of amides is 2. The summed E-state index contributed by atoms with van der Waals surface area (Å²) in [5.74, 6) is 0.444. The number of likely N-dealkylation sites (tertiary alicyclic amines) is 1. The standard InChI is InChI=1S/C25H35N3O3/c1-5-12-25(13-6-2)20(3)23(29)28(24(25)30)15-9-14-26-16-18-27(19-17-26)21-10-7-8-11-22(21)31-4/h5-8,10-11,20H,1-2,9,12-19H2,3-4H3. The summed E-state index contributed by atoms with van der Waals surface area (Å²) in [6.07, 6.45) is 5.29. The van der Waals surface area contributed by atoms with Crippen molar-refractivity contribution in [3.63, 3.8) is 0 Å². The number of carbonyl (C=O) groups is 2. The molecule has 0 bridgehead atoms. The molecular formula is C25H35N3O3. The normalized spacial score (nSPS) is 21.4. The molecule has 1 aromatic carbocycles. The van der Waals surface area contributed by atoms with Gasteiger partial charge in [-0.15, -0.1) is 13.2 Å². The molecule has 1 unspecified atom stereocenters. The topological polar surface area (TPSA) is 53.1 Å². The van der Waals surface area contributed by atoms with Crippen LogP contribution in [0, 0.1) is 11.3 Å². The highest BCUT2D eigenvalue weighted by Crippen LogP contribution is 2.44. The van der Waals surface area contributed by atoms with Crippen molar-refractivity contribution in [3.05, 3.63) is 49.6 Å². The van der Waals surface area contributed by atoms with Crippen molar-refractivity contribution in [2.45, 2.75) is 26.2 Å². The van der Waals surface area contributed by atoms with Gasteiger partial charge >= 0.3 is 0 Å². The second-order valence-corrected chi connectivity index (χ2v) is 8.51. The SMILES string of the molecule is C=CCC1(CC=C)C(=O)N(CCCN2CCN(c3ccccc3OC)CC2)C(=O)C1C. The lowest BCUT2D eigenvalue weighted by atomic mass is 9.73. The zero-order chi connectivity index (χ0) is 22.4. The van der Waals surface area contributed by atoms with Crippen molar-refractivity contribution in [2.24, 2.45) is 11.3 Å². The molecule has 1 aromatic rings. The molecule has 0 N–H and O–H groups in total. The summed E-state index contributed by atoms with van der Waals surface area (Å²) in [5.41, 5.74) is 0.425. The first-order valence-corrected chi connectivity index (χ1v) is 11.2. The van der Waals surface area contributed by atoms with Crippen LogP contribution in [0.3, 0.4) is 0 Å². The van der Waals surface area contributed by atoms with Gasteiger partial charge < -0.3 is 9.64 Å². The van der Waals surface area contributed by atoms with Crippen molar-refractivity contribution in [1.29, 1.82) is 0 Å². The van der Waals surface area contributed by atoms with Crippen LogP contribution in [0.4, 0.5) is 5.69 Å². The zero-order valence-corrected chi connectivity index (χ0v) is 18.9. The highest BCUT2D eigenvalue weighted by Gasteiger charge is 2.55. The number of allylic oxidation sites excluding steroid dienone is 2. The average molecular weight is 426 g/mol. The molecule has 2 aliphatic heterocycles. The maximum Gasteiger partial charge on any atom is 0.236 e. The van der Waals surface area contributed by atoms with Gasteiger partial charge in [-0.25, -0.2) is 0 Å². The Morgan fingerprint density at radius 2 is 1.71 bits per heavy atom. The number of methoxy groups -OCH3 is 1. The predicted molar refractivity (Wildman–Crippen MR) is 124 cm³/mol. The quantitative estimate of drug-likeness (QED) is 0.425. The van der Waals surface area contributed by atoms with Crippen molar-refractivity contribution in [1.82, 2.24) is 9.80 Å². The van der Waals surface area contributed by atoms with Crippen molar-refractivity contribution >= 4 is 17.5 Å². The minimum Gasteiger partial charge on any atom is -0.495 e. The van der Waals surface area contributed by atoms with Crippen LogP contribution in [-0.2, 0) is 9.59 Å². The van der Waals surface area contributed by atoms with E-state index in [0.29, 0.717) is 19.4 Å². The van der Waals surface area contributed by atoms with E-state index in [1.807, 2.05) is 25.1 Å². The third-order valence-corrected chi connectivity index (χ3v) is 6.81. The van der Waals surface area contributed by atoms with E-state index in [9.17, 15) is 9.59 Å². The number of carbonyl (C=O) groups excluding carboxylic acids is 2. The molecule has 2 saturated heterocycles. The fraction of sp³-hybridized carbons (Fsp3) is 0.520. The van der Waals surface area contributed by atoms with Crippen LogP contribution in [0.1, 0.15) is 26.2 Å². The smallest absolute Gasteiger partial charge is 0.236 e. The fourth-order valence-corrected chi connectivity index (χ4v) is 4.92. The third kappa shape index (κ3) is 4.54. The van der Waals surface area contributed by atoms with Gasteiger partial charge in [0, 0.05) is 32.7 Å². The number of benzene rings is 1. The number of ether oxygens (including phenoxy) is 1. The molecule has 1 atom stereocenters. The van der Waals surface area contributed by atoms with Gasteiger partial charge in [-0.3, -0.25) is 19.4 Å². The molecule has 6 nitrogen and oxygen atoms in total. The molecule has 0 aromatic heterocycles. The summed E-state index contributed by atoms with van der Waals surface area (Å²) in [6, 6.07) is 8.11. The van der Waals surface area contributed by atoms with Crippen molar-refractivity contribution in [3.8, 4) is 5.75 Å². The number of para-hydroxylation sites is 2. The number of hydrogen-bond acceptors (Lipinski definition) is 5. The summed E-state index contributed by atoms with van der Waals surface area (Å²) < 4.78 is 5.49. The Labute approximate surface area is 186 Å². The minimum absolute atomic E-state index is 0.0605. The molecule has 2 heterocycles. The summed E-state index contributed by atoms with van der Waals surface area (Å²) in [4.78, 5) is 32.2. The number of hydrogen-bond donors (Lipinski definition) is 0. The number of nitrogens with zero attached hydrogens (tertiary/aromatic N) is 3. The van der Waals surface area contributed by atoms with Gasteiger partial charge in [0.05, 0.1) is 24.1 Å². The first-order valence-electron chi connectivity index (χ1n) is 11.2. The Hall–Kier alpha value is -2.60. The maximum atomic E-state index is 13.1. The minimum atomic E-state index is -0.707. The van der Waals surface area contributed by atoms with Crippen LogP contribution in [0.15, 0.2) is 49.6 Å². The first kappa shape index (κ1) is 23.1. The van der Waals surface area contributed by atoms with E-state index in [0.717, 1.165) is 50.6 Å². The van der Waals surface area contributed by atoms with Gasteiger partial charge in [-0.05, 0) is 37.9 Å². The Kier molecular flexibility index (Phi) is 7.55. The van der Waals surface area contributed by atoms with Crippen molar-refractivity contribution in [2.75, 3.05) is 51.3 Å². The highest BCUT2D eigenvalue weighted by molar-refractivity contribution is 6.07. The summed E-state index contributed by atoms with van der Waals surface area (Å²) in [6.45, 7) is 14.6. The molecule has 0 spiro atoms. The fourth-order valence-electron chi connectivity index (χ4n) is 4.92. The Balaban J connectivity index is 1.52. The second kappa shape index (κ2) is 10.1. The molecule has 0 radical (unpaired) electrons. The second-order valence-electron chi connectivity index (χ2n) is 8.51. The van der Waals surface area contributed by atoms with Gasteiger partial charge in [-0.1, -0.05) is 31.2 Å². The maximum absolute atomic E-state index is 13.1. The Morgan fingerprint density at radius 3 is 2.32 bits per heavy atom. The zero-order valence-electron chi connectivity index (χ0n) is 18.9. The Morgan fingerprint density at radius 1 is 1.06 bits per heavy atom. The van der Waals surface area contributed by atoms with Gasteiger partial charge in [0.25, 0.3) is 0 Å². The molecule has 6 heteroatoms. The van der Waals surface area contributed by atoms with E-state index >= 15 is 0 Å². The van der Waals surface area contributed by atoms with E-state index in [-0.39, 0.29) is 17.7 Å². The van der Waals surface area contributed by atoms with Crippen LogP contribution >= 0.6 is 0 Å². The summed E-state index contributed by atoms with van der Waals surface area (Å²) in [7, 11) is 1.70. The lowest BCUT2D eigenvalue weighted by Crippen LogP contribution is -2.47. The molecule has 2 amide bonds. The van der Waals surface area contributed by atoms with Crippen LogP contribution in [0.2, 0.25) is 0 Å². The highest BCUT2D eigenvalue weighted by atomic mass is 16.5. The molecule has 31 heavy (non-hydrogen) atoms. The van der Waals surface area contributed by atoms with E-state index in [4.69, 9.17) is 4.74 Å². The van der Waals surface area contributed by atoms with Crippen LogP contribution < -0.4 is 9.64 Å². The van der Waals surface area contributed by atoms with E-state index in [1.54, 1.807) is 19.3 Å². The molecule has 0 saturated carbocycles. The van der Waals surface area contributed by atoms with Crippen LogP contribution in [0.5, 0.6) is 5.75 Å². The lowest BCUT2D eigenvalue weighted by molar-refractivity contribution is -0.141. The number of anilines is 1. The average Bonchev–Trinajstić information content (AvgIpc) is 2.96. The molecule has 168 valence electrons. The lowest BCUT2D eigenvalue weighted by Gasteiger charge is -2.36. The van der Waals surface area contributed by atoms with Gasteiger partial charge in [-0.2, -0.15) is 0 Å². The molecule has 3 rings (SSSR count). The number of rotatable bonds is 10. The number of piperazine rings is 1.